The number of nitrogens with zero attached hydrogens (tertiary/aromatic N) is 2. The Morgan fingerprint density at radius 1 is 1.65 bits per heavy atom. The lowest BCUT2D eigenvalue weighted by Crippen LogP contribution is -2.31. The fourth-order valence-corrected chi connectivity index (χ4v) is 3.16. The van der Waals surface area contributed by atoms with Crippen molar-refractivity contribution in [2.45, 2.75) is 19.1 Å². The van der Waals surface area contributed by atoms with Crippen LogP contribution in [0.1, 0.15) is 23.7 Å². The van der Waals surface area contributed by atoms with E-state index >= 15 is 0 Å². The summed E-state index contributed by atoms with van der Waals surface area (Å²) in [6.07, 6.45) is 4.27. The van der Waals surface area contributed by atoms with Gasteiger partial charge >= 0.3 is 0 Å². The number of carbonyl (C=O) groups excluding carboxylic acids is 1. The van der Waals surface area contributed by atoms with Crippen LogP contribution in [0.3, 0.4) is 0 Å². The van der Waals surface area contributed by atoms with Crippen molar-refractivity contribution in [2.24, 2.45) is 13.0 Å². The Morgan fingerprint density at radius 3 is 3.25 bits per heavy atom. The normalized spacial score (nSPS) is 22.1. The summed E-state index contributed by atoms with van der Waals surface area (Å²) >= 11 is 1.64. The van der Waals surface area contributed by atoms with E-state index in [1.165, 1.54) is 0 Å². The second kappa shape index (κ2) is 5.76. The summed E-state index contributed by atoms with van der Waals surface area (Å²) < 4.78 is 7.44. The molecule has 0 radical (unpaired) electrons. The van der Waals surface area contributed by atoms with Gasteiger partial charge in [-0.2, -0.15) is 16.4 Å². The van der Waals surface area contributed by atoms with Crippen LogP contribution in [0, 0.1) is 5.92 Å². The van der Waals surface area contributed by atoms with Gasteiger partial charge in [-0.15, -0.1) is 0 Å². The highest BCUT2D eigenvalue weighted by atomic mass is 32.1. The van der Waals surface area contributed by atoms with E-state index in [1.807, 2.05) is 30.1 Å². The van der Waals surface area contributed by atoms with E-state index in [2.05, 4.69) is 10.4 Å². The van der Waals surface area contributed by atoms with Gasteiger partial charge in [-0.3, -0.25) is 9.48 Å². The van der Waals surface area contributed by atoms with Crippen LogP contribution in [0.15, 0.2) is 29.2 Å². The molecule has 3 rings (SSSR count). The maximum Gasteiger partial charge on any atom is 0.226 e. The molecular weight excluding hydrogens is 274 g/mol. The third-order valence-electron chi connectivity index (χ3n) is 3.53. The predicted octanol–water partition coefficient (Wildman–Crippen LogP) is 1.88. The van der Waals surface area contributed by atoms with Gasteiger partial charge < -0.3 is 10.1 Å². The molecule has 0 bridgehead atoms. The first-order chi connectivity index (χ1) is 9.74. The summed E-state index contributed by atoms with van der Waals surface area (Å²) in [5, 5.41) is 11.2. The summed E-state index contributed by atoms with van der Waals surface area (Å²) in [6.45, 7) is 1.20. The second-order valence-electron chi connectivity index (χ2n) is 4.98. The molecule has 1 aliphatic heterocycles. The minimum atomic E-state index is -0.175. The largest absolute Gasteiger partial charge is 0.373 e. The van der Waals surface area contributed by atoms with E-state index < -0.39 is 0 Å². The molecule has 2 atom stereocenters. The number of hydrogen-bond donors (Lipinski definition) is 1. The van der Waals surface area contributed by atoms with Gasteiger partial charge in [0.05, 0.1) is 18.2 Å². The van der Waals surface area contributed by atoms with Gasteiger partial charge in [0.1, 0.15) is 0 Å². The molecule has 20 heavy (non-hydrogen) atoms. The fourth-order valence-electron chi connectivity index (χ4n) is 2.49. The monoisotopic (exact) mass is 291 g/mol. The van der Waals surface area contributed by atoms with Crippen molar-refractivity contribution in [3.05, 3.63) is 40.3 Å². The van der Waals surface area contributed by atoms with Crippen molar-refractivity contribution in [3.63, 3.8) is 0 Å². The van der Waals surface area contributed by atoms with Gasteiger partial charge in [0.15, 0.2) is 0 Å². The Labute approximate surface area is 121 Å². The Hall–Kier alpha value is -1.66. The number of hydrogen-bond acceptors (Lipinski definition) is 4. The molecule has 1 aliphatic rings. The minimum absolute atomic E-state index is 0.0579. The van der Waals surface area contributed by atoms with E-state index in [0.717, 1.165) is 17.5 Å². The van der Waals surface area contributed by atoms with Gasteiger partial charge in [0.25, 0.3) is 0 Å². The summed E-state index contributed by atoms with van der Waals surface area (Å²) in [5.41, 5.74) is 2.11. The van der Waals surface area contributed by atoms with Crippen molar-refractivity contribution in [1.29, 1.82) is 0 Å². The Bertz CT molecular complexity index is 579. The molecule has 2 aromatic heterocycles. The molecule has 0 aliphatic carbocycles. The maximum absolute atomic E-state index is 12.3. The Morgan fingerprint density at radius 2 is 2.55 bits per heavy atom. The van der Waals surface area contributed by atoms with Crippen molar-refractivity contribution < 1.29 is 9.53 Å². The SMILES string of the molecule is Cn1cc([C@H]2OCC[C@@H]2C(=O)NCc2ccsc2)cn1. The van der Waals surface area contributed by atoms with Gasteiger partial charge in [0.2, 0.25) is 5.91 Å². The molecule has 1 amide bonds. The van der Waals surface area contributed by atoms with Crippen LogP contribution in [0.4, 0.5) is 0 Å². The van der Waals surface area contributed by atoms with Crippen molar-refractivity contribution >= 4 is 17.2 Å². The number of carbonyl (C=O) groups is 1. The van der Waals surface area contributed by atoms with Crippen LogP contribution in [0.25, 0.3) is 0 Å². The average molecular weight is 291 g/mol. The van der Waals surface area contributed by atoms with Crippen LogP contribution >= 0.6 is 11.3 Å². The lowest BCUT2D eigenvalue weighted by molar-refractivity contribution is -0.126. The van der Waals surface area contributed by atoms with Crippen LogP contribution in [0.5, 0.6) is 0 Å². The first kappa shape index (κ1) is 13.3. The minimum Gasteiger partial charge on any atom is -0.373 e. The molecule has 0 spiro atoms. The third kappa shape index (κ3) is 2.76. The molecule has 1 fully saturated rings. The number of amides is 1. The lowest BCUT2D eigenvalue weighted by Gasteiger charge is -2.16. The van der Waals surface area contributed by atoms with Gasteiger partial charge in [-0.25, -0.2) is 0 Å². The number of rotatable bonds is 4. The van der Waals surface area contributed by atoms with Crippen LogP contribution < -0.4 is 5.32 Å². The van der Waals surface area contributed by atoms with E-state index in [0.29, 0.717) is 13.2 Å². The van der Waals surface area contributed by atoms with Crippen LogP contribution in [-0.2, 0) is 23.1 Å². The standard InChI is InChI=1S/C14H17N3O2S/c1-17-8-11(7-16-17)13-12(2-4-19-13)14(18)15-6-10-3-5-20-9-10/h3,5,7-9,12-13H,2,4,6H2,1H3,(H,15,18)/t12-,13+/m0/s1. The fraction of sp³-hybridized carbons (Fsp3) is 0.429. The smallest absolute Gasteiger partial charge is 0.226 e. The summed E-state index contributed by atoms with van der Waals surface area (Å²) in [7, 11) is 1.87. The van der Waals surface area contributed by atoms with Crippen LogP contribution in [-0.4, -0.2) is 22.3 Å². The molecule has 2 aromatic rings. The van der Waals surface area contributed by atoms with Gasteiger partial charge in [-0.1, -0.05) is 0 Å². The molecule has 1 saturated heterocycles. The highest BCUT2D eigenvalue weighted by Crippen LogP contribution is 2.34. The zero-order valence-electron chi connectivity index (χ0n) is 11.3. The molecule has 1 N–H and O–H groups in total. The van der Waals surface area contributed by atoms with E-state index in [9.17, 15) is 4.79 Å². The molecule has 3 heterocycles. The number of nitrogens with one attached hydrogen (secondary N) is 1. The zero-order chi connectivity index (χ0) is 13.9. The summed E-state index contributed by atoms with van der Waals surface area (Å²) in [5.74, 6) is -0.0691. The van der Waals surface area contributed by atoms with Crippen LogP contribution in [0.2, 0.25) is 0 Å². The number of aryl methyl sites for hydroxylation is 1. The summed E-state index contributed by atoms with van der Waals surface area (Å²) in [6, 6.07) is 2.02. The summed E-state index contributed by atoms with van der Waals surface area (Å²) in [4.78, 5) is 12.3. The highest BCUT2D eigenvalue weighted by Gasteiger charge is 2.35. The quantitative estimate of drug-likeness (QED) is 0.935. The first-order valence-electron chi connectivity index (χ1n) is 6.63. The molecule has 0 unspecified atom stereocenters. The van der Waals surface area contributed by atoms with E-state index in [-0.39, 0.29) is 17.9 Å². The van der Waals surface area contributed by atoms with Crippen molar-refractivity contribution in [3.8, 4) is 0 Å². The van der Waals surface area contributed by atoms with Crippen molar-refractivity contribution in [2.75, 3.05) is 6.61 Å². The maximum atomic E-state index is 12.3. The molecular formula is C14H17N3O2S. The van der Waals surface area contributed by atoms with Crippen molar-refractivity contribution in [1.82, 2.24) is 15.1 Å². The number of aromatic nitrogens is 2. The highest BCUT2D eigenvalue weighted by molar-refractivity contribution is 7.07. The topological polar surface area (TPSA) is 56.1 Å². The molecule has 106 valence electrons. The molecule has 6 heteroatoms. The zero-order valence-corrected chi connectivity index (χ0v) is 12.1. The number of thiophene rings is 1. The Balaban J connectivity index is 1.64. The lowest BCUT2D eigenvalue weighted by atomic mass is 9.96. The van der Waals surface area contributed by atoms with E-state index in [1.54, 1.807) is 22.2 Å². The predicted molar refractivity (Wildman–Crippen MR) is 76.2 cm³/mol. The van der Waals surface area contributed by atoms with Gasteiger partial charge in [0, 0.05) is 32.0 Å². The Kier molecular flexibility index (Phi) is 3.84. The molecule has 0 saturated carbocycles. The average Bonchev–Trinajstić information content (AvgIpc) is 3.16. The van der Waals surface area contributed by atoms with Gasteiger partial charge in [-0.05, 0) is 28.8 Å². The van der Waals surface area contributed by atoms with E-state index in [4.69, 9.17) is 4.74 Å². The second-order valence-corrected chi connectivity index (χ2v) is 5.76. The molecule has 0 aromatic carbocycles. The first-order valence-corrected chi connectivity index (χ1v) is 7.57. The third-order valence-corrected chi connectivity index (χ3v) is 4.26. The molecule has 5 nitrogen and oxygen atoms in total. The number of ether oxygens (including phenoxy) is 1.